The molecule has 3 rings (SSSR count). The number of ether oxygens (including phenoxy) is 1. The first-order chi connectivity index (χ1) is 11.4. The molecule has 0 saturated heterocycles. The van der Waals surface area contributed by atoms with E-state index in [4.69, 9.17) is 4.74 Å². The molecule has 0 N–H and O–H groups in total. The molecule has 126 valence electrons. The fourth-order valence-electron chi connectivity index (χ4n) is 3.16. The van der Waals surface area contributed by atoms with Crippen LogP contribution in [0.2, 0.25) is 0 Å². The van der Waals surface area contributed by atoms with Gasteiger partial charge in [0.05, 0.1) is 24.1 Å². The average Bonchev–Trinajstić information content (AvgIpc) is 2.89. The van der Waals surface area contributed by atoms with Gasteiger partial charge < -0.3 is 4.74 Å². The molecule has 0 bridgehead atoms. The first-order valence-electron chi connectivity index (χ1n) is 7.63. The van der Waals surface area contributed by atoms with Crippen molar-refractivity contribution in [1.29, 1.82) is 0 Å². The minimum Gasteiger partial charge on any atom is -0.469 e. The number of methoxy groups -OCH3 is 1. The number of hydrogen-bond donors (Lipinski definition) is 0. The van der Waals surface area contributed by atoms with Gasteiger partial charge in [-0.25, -0.2) is 8.42 Å². The van der Waals surface area contributed by atoms with Crippen LogP contribution in [0.5, 0.6) is 0 Å². The second-order valence-corrected chi connectivity index (χ2v) is 8.02. The molecular weight excluding hydrogens is 326 g/mol. The Kier molecular flexibility index (Phi) is 4.09. The molecule has 1 unspecified atom stereocenters. The van der Waals surface area contributed by atoms with Crippen LogP contribution < -0.4 is 4.31 Å². The van der Waals surface area contributed by atoms with E-state index in [1.54, 1.807) is 42.5 Å². The molecule has 5 nitrogen and oxygen atoms in total. The van der Waals surface area contributed by atoms with Crippen LogP contribution in [-0.4, -0.2) is 28.0 Å². The highest BCUT2D eigenvalue weighted by Crippen LogP contribution is 2.45. The fraction of sp³-hybridized carbons (Fsp3) is 0.278. The van der Waals surface area contributed by atoms with E-state index >= 15 is 0 Å². The van der Waals surface area contributed by atoms with E-state index in [1.807, 2.05) is 19.1 Å². The molecule has 0 aromatic heterocycles. The number of sulfonamides is 1. The van der Waals surface area contributed by atoms with Gasteiger partial charge >= 0.3 is 5.97 Å². The molecule has 1 aliphatic heterocycles. The predicted molar refractivity (Wildman–Crippen MR) is 91.4 cm³/mol. The van der Waals surface area contributed by atoms with Crippen LogP contribution in [0.3, 0.4) is 0 Å². The summed E-state index contributed by atoms with van der Waals surface area (Å²) in [5.74, 6) is -0.355. The number of carbonyl (C=O) groups excluding carboxylic acids is 1. The SMILES string of the molecule is COC(=O)CC1(C)CN(S(=O)(=O)c2ccccc2)c2ccccc21. The Morgan fingerprint density at radius 3 is 2.42 bits per heavy atom. The second kappa shape index (κ2) is 5.94. The third kappa shape index (κ3) is 2.67. The quantitative estimate of drug-likeness (QED) is 0.799. The fourth-order valence-corrected chi connectivity index (χ4v) is 4.79. The van der Waals surface area contributed by atoms with E-state index < -0.39 is 15.4 Å². The molecule has 1 aliphatic rings. The summed E-state index contributed by atoms with van der Waals surface area (Å²) in [6.45, 7) is 2.10. The van der Waals surface area contributed by atoms with E-state index in [-0.39, 0.29) is 23.8 Å². The van der Waals surface area contributed by atoms with Gasteiger partial charge in [-0.05, 0) is 23.8 Å². The maximum absolute atomic E-state index is 13.1. The normalized spacial score (nSPS) is 19.8. The molecule has 2 aromatic rings. The lowest BCUT2D eigenvalue weighted by molar-refractivity contribution is -0.141. The van der Waals surface area contributed by atoms with E-state index in [0.29, 0.717) is 5.69 Å². The Morgan fingerprint density at radius 2 is 1.75 bits per heavy atom. The molecule has 0 saturated carbocycles. The van der Waals surface area contributed by atoms with E-state index in [2.05, 4.69) is 0 Å². The smallest absolute Gasteiger partial charge is 0.306 e. The number of nitrogens with zero attached hydrogens (tertiary/aromatic N) is 1. The molecule has 0 spiro atoms. The lowest BCUT2D eigenvalue weighted by atomic mass is 9.81. The predicted octanol–water partition coefficient (Wildman–Crippen LogP) is 2.72. The summed E-state index contributed by atoms with van der Waals surface area (Å²) in [6.07, 6.45) is 0.126. The summed E-state index contributed by atoms with van der Waals surface area (Å²) in [7, 11) is -2.35. The number of esters is 1. The van der Waals surface area contributed by atoms with E-state index in [0.717, 1.165) is 5.56 Å². The highest BCUT2D eigenvalue weighted by atomic mass is 32.2. The van der Waals surface area contributed by atoms with Crippen molar-refractivity contribution >= 4 is 21.7 Å². The molecule has 0 fully saturated rings. The summed E-state index contributed by atoms with van der Waals surface area (Å²) < 4.78 is 32.3. The number of anilines is 1. The standard InChI is InChI=1S/C18H19NO4S/c1-18(12-17(20)23-2)13-19(16-11-7-6-10-15(16)18)24(21,22)14-8-4-3-5-9-14/h3-11H,12-13H2,1-2H3. The van der Waals surface area contributed by atoms with Crippen LogP contribution in [0.1, 0.15) is 18.9 Å². The van der Waals surface area contributed by atoms with Crippen molar-refractivity contribution in [2.75, 3.05) is 18.0 Å². The Bertz CT molecular complexity index is 864. The number of para-hydroxylation sites is 1. The van der Waals surface area contributed by atoms with Crippen molar-refractivity contribution < 1.29 is 17.9 Å². The molecule has 2 aromatic carbocycles. The summed E-state index contributed by atoms with van der Waals surface area (Å²) in [5.41, 5.74) is 0.841. The van der Waals surface area contributed by atoms with E-state index in [9.17, 15) is 13.2 Å². The number of rotatable bonds is 4. The maximum atomic E-state index is 13.1. The second-order valence-electron chi connectivity index (χ2n) is 6.16. The van der Waals surface area contributed by atoms with Crippen molar-refractivity contribution in [2.24, 2.45) is 0 Å². The van der Waals surface area contributed by atoms with Gasteiger partial charge in [-0.3, -0.25) is 9.10 Å². The number of benzene rings is 2. The molecular formula is C18H19NO4S. The van der Waals surface area contributed by atoms with Crippen molar-refractivity contribution in [2.45, 2.75) is 23.7 Å². The molecule has 0 radical (unpaired) electrons. The Balaban J connectivity index is 2.08. The number of carbonyl (C=O) groups is 1. The topological polar surface area (TPSA) is 63.7 Å². The highest BCUT2D eigenvalue weighted by molar-refractivity contribution is 7.92. The van der Waals surface area contributed by atoms with Gasteiger partial charge in [0.15, 0.2) is 0 Å². The Morgan fingerprint density at radius 1 is 1.12 bits per heavy atom. The number of fused-ring (bicyclic) bond motifs is 1. The van der Waals surface area contributed by atoms with Gasteiger partial charge in [0, 0.05) is 12.0 Å². The minimum absolute atomic E-state index is 0.126. The zero-order valence-corrected chi connectivity index (χ0v) is 14.4. The molecule has 24 heavy (non-hydrogen) atoms. The first-order valence-corrected chi connectivity index (χ1v) is 9.07. The van der Waals surface area contributed by atoms with Gasteiger partial charge in [-0.2, -0.15) is 0 Å². The van der Waals surface area contributed by atoms with Crippen LogP contribution >= 0.6 is 0 Å². The van der Waals surface area contributed by atoms with Gasteiger partial charge in [0.25, 0.3) is 10.0 Å². The van der Waals surface area contributed by atoms with Gasteiger partial charge in [-0.1, -0.05) is 43.3 Å². The Labute approximate surface area is 141 Å². The maximum Gasteiger partial charge on any atom is 0.306 e. The van der Waals surface area contributed by atoms with Crippen LogP contribution in [0.15, 0.2) is 59.5 Å². The van der Waals surface area contributed by atoms with Gasteiger partial charge in [0.1, 0.15) is 0 Å². The minimum atomic E-state index is -3.68. The van der Waals surface area contributed by atoms with Crippen LogP contribution in [0.25, 0.3) is 0 Å². The summed E-state index contributed by atoms with van der Waals surface area (Å²) >= 11 is 0. The summed E-state index contributed by atoms with van der Waals surface area (Å²) in [6, 6.07) is 15.6. The van der Waals surface area contributed by atoms with Crippen molar-refractivity contribution in [3.63, 3.8) is 0 Å². The third-order valence-corrected chi connectivity index (χ3v) is 6.18. The monoisotopic (exact) mass is 345 g/mol. The summed E-state index contributed by atoms with van der Waals surface area (Å²) in [5, 5.41) is 0. The molecule has 1 heterocycles. The lowest BCUT2D eigenvalue weighted by Crippen LogP contribution is -2.36. The van der Waals surface area contributed by atoms with Crippen LogP contribution in [0.4, 0.5) is 5.69 Å². The average molecular weight is 345 g/mol. The molecule has 1 atom stereocenters. The zero-order chi connectivity index (χ0) is 17.4. The van der Waals surface area contributed by atoms with Gasteiger partial charge in [-0.15, -0.1) is 0 Å². The van der Waals surface area contributed by atoms with Crippen molar-refractivity contribution in [3.8, 4) is 0 Å². The highest BCUT2D eigenvalue weighted by Gasteiger charge is 2.45. The van der Waals surface area contributed by atoms with Gasteiger partial charge in [0.2, 0.25) is 0 Å². The van der Waals surface area contributed by atoms with Crippen molar-refractivity contribution in [1.82, 2.24) is 0 Å². The lowest BCUT2D eigenvalue weighted by Gasteiger charge is -2.25. The van der Waals surface area contributed by atoms with Crippen molar-refractivity contribution in [3.05, 3.63) is 60.2 Å². The largest absolute Gasteiger partial charge is 0.469 e. The first kappa shape index (κ1) is 16.5. The molecule has 6 heteroatoms. The molecule has 0 aliphatic carbocycles. The third-order valence-electron chi connectivity index (χ3n) is 4.41. The van der Waals surface area contributed by atoms with Crippen LogP contribution in [0, 0.1) is 0 Å². The van der Waals surface area contributed by atoms with Crippen LogP contribution in [-0.2, 0) is 25.0 Å². The molecule has 0 amide bonds. The van der Waals surface area contributed by atoms with E-state index in [1.165, 1.54) is 11.4 Å². The Hall–Kier alpha value is -2.34. The summed E-state index contributed by atoms with van der Waals surface area (Å²) in [4.78, 5) is 12.1. The number of hydrogen-bond acceptors (Lipinski definition) is 4. The zero-order valence-electron chi connectivity index (χ0n) is 13.6.